The highest BCUT2D eigenvalue weighted by atomic mass is 16.3. The van der Waals surface area contributed by atoms with Crippen molar-refractivity contribution < 1.29 is 20.4 Å². The average molecular weight is 551 g/mol. The lowest BCUT2D eigenvalue weighted by atomic mass is 9.76. The van der Waals surface area contributed by atoms with Gasteiger partial charge in [0, 0.05) is 12.8 Å². The molecular weight excluding hydrogens is 508 g/mol. The zero-order valence-corrected chi connectivity index (χ0v) is 24.7. The quantitative estimate of drug-likeness (QED) is 0.181. The first kappa shape index (κ1) is 28.6. The molecule has 0 aliphatic heterocycles. The Morgan fingerprint density at radius 1 is 0.488 bits per heavy atom. The third-order valence-corrected chi connectivity index (χ3v) is 9.09. The van der Waals surface area contributed by atoms with Gasteiger partial charge in [-0.05, 0) is 132 Å². The van der Waals surface area contributed by atoms with E-state index in [1.807, 2.05) is 39.8 Å². The van der Waals surface area contributed by atoms with Crippen molar-refractivity contribution in [2.45, 2.75) is 84.5 Å². The van der Waals surface area contributed by atoms with Gasteiger partial charge >= 0.3 is 0 Å². The van der Waals surface area contributed by atoms with Crippen LogP contribution in [0.25, 0.3) is 0 Å². The summed E-state index contributed by atoms with van der Waals surface area (Å²) < 4.78 is 0. The van der Waals surface area contributed by atoms with E-state index in [0.29, 0.717) is 36.2 Å². The highest BCUT2D eigenvalue weighted by Gasteiger charge is 2.29. The molecule has 0 spiro atoms. The van der Waals surface area contributed by atoms with Crippen LogP contribution in [-0.4, -0.2) is 20.4 Å². The van der Waals surface area contributed by atoms with E-state index in [0.717, 1.165) is 57.3 Å². The van der Waals surface area contributed by atoms with Crippen molar-refractivity contribution in [3.63, 3.8) is 0 Å². The van der Waals surface area contributed by atoms with Crippen molar-refractivity contribution in [1.82, 2.24) is 0 Å². The van der Waals surface area contributed by atoms with Gasteiger partial charge in [-0.3, -0.25) is 0 Å². The highest BCUT2D eigenvalue weighted by Crippen LogP contribution is 2.46. The van der Waals surface area contributed by atoms with Crippen molar-refractivity contribution in [3.05, 3.63) is 116 Å². The van der Waals surface area contributed by atoms with Crippen LogP contribution in [0.2, 0.25) is 0 Å². The van der Waals surface area contributed by atoms with E-state index in [1.54, 1.807) is 24.3 Å². The molecule has 0 bridgehead atoms. The molecule has 0 saturated heterocycles. The van der Waals surface area contributed by atoms with Crippen molar-refractivity contribution >= 4 is 0 Å². The third-order valence-electron chi connectivity index (χ3n) is 9.09. The molecule has 0 amide bonds. The molecule has 0 heterocycles. The van der Waals surface area contributed by atoms with Crippen LogP contribution in [-0.2, 0) is 12.8 Å². The van der Waals surface area contributed by atoms with Gasteiger partial charge in [0.05, 0.1) is 0 Å². The normalized spacial score (nSPS) is 17.4. The summed E-state index contributed by atoms with van der Waals surface area (Å²) in [6.45, 7) is 7.96. The second kappa shape index (κ2) is 11.9. The van der Waals surface area contributed by atoms with Crippen LogP contribution in [0.5, 0.6) is 23.0 Å². The van der Waals surface area contributed by atoms with Gasteiger partial charge in [-0.15, -0.1) is 0 Å². The summed E-state index contributed by atoms with van der Waals surface area (Å²) in [5.74, 6) is 1.82. The molecule has 0 radical (unpaired) electrons. The van der Waals surface area contributed by atoms with Crippen LogP contribution in [0, 0.1) is 27.7 Å². The first-order valence-corrected chi connectivity index (χ1v) is 14.8. The lowest BCUT2D eigenvalue weighted by molar-refractivity contribution is 0.459. The Bertz CT molecular complexity index is 1450. The van der Waals surface area contributed by atoms with Gasteiger partial charge in [-0.25, -0.2) is 0 Å². The predicted molar refractivity (Wildman–Crippen MR) is 166 cm³/mol. The van der Waals surface area contributed by atoms with Crippen LogP contribution in [0.3, 0.4) is 0 Å². The Hall–Kier alpha value is -3.92. The number of rotatable bonds is 6. The Balaban J connectivity index is 1.53. The molecule has 4 N–H and O–H groups in total. The summed E-state index contributed by atoms with van der Waals surface area (Å²) in [6.07, 6.45) is 6.93. The van der Waals surface area contributed by atoms with Crippen molar-refractivity contribution in [2.75, 3.05) is 0 Å². The molecule has 1 saturated carbocycles. The molecule has 41 heavy (non-hydrogen) atoms. The van der Waals surface area contributed by atoms with E-state index in [1.165, 1.54) is 30.4 Å². The van der Waals surface area contributed by atoms with Gasteiger partial charge in [0.1, 0.15) is 23.0 Å². The first-order chi connectivity index (χ1) is 19.6. The maximum atomic E-state index is 11.1. The Morgan fingerprint density at radius 2 is 0.902 bits per heavy atom. The number of phenols is 4. The SMILES string of the molecule is Cc1cc(O)ccc1Cc1cc(C2CCCCCC2c2cc(C)c(O)c(Cc3ccc(O)cc3C)c2)cc(C)c1O. The number of hydrogen-bond donors (Lipinski definition) is 4. The van der Waals surface area contributed by atoms with Gasteiger partial charge in [0.15, 0.2) is 0 Å². The second-order valence-corrected chi connectivity index (χ2v) is 12.1. The zero-order valence-electron chi connectivity index (χ0n) is 24.7. The molecular formula is C37H42O4. The van der Waals surface area contributed by atoms with Crippen LogP contribution in [0.4, 0.5) is 0 Å². The van der Waals surface area contributed by atoms with Crippen molar-refractivity contribution in [3.8, 4) is 23.0 Å². The highest BCUT2D eigenvalue weighted by molar-refractivity contribution is 5.51. The van der Waals surface area contributed by atoms with E-state index >= 15 is 0 Å². The smallest absolute Gasteiger partial charge is 0.122 e. The molecule has 0 aromatic heterocycles. The lowest BCUT2D eigenvalue weighted by Crippen LogP contribution is -2.12. The maximum Gasteiger partial charge on any atom is 0.122 e. The van der Waals surface area contributed by atoms with Gasteiger partial charge < -0.3 is 20.4 Å². The summed E-state index contributed by atoms with van der Waals surface area (Å²) in [6, 6.07) is 19.6. The van der Waals surface area contributed by atoms with Gasteiger partial charge in [0.2, 0.25) is 0 Å². The first-order valence-electron chi connectivity index (χ1n) is 14.8. The molecule has 5 rings (SSSR count). The van der Waals surface area contributed by atoms with Gasteiger partial charge in [0.25, 0.3) is 0 Å². The molecule has 214 valence electrons. The molecule has 4 nitrogen and oxygen atoms in total. The molecule has 4 aromatic carbocycles. The Labute approximate surface area is 244 Å². The minimum atomic E-state index is 0.255. The largest absolute Gasteiger partial charge is 0.508 e. The lowest BCUT2D eigenvalue weighted by Gasteiger charge is -2.28. The monoisotopic (exact) mass is 550 g/mol. The summed E-state index contributed by atoms with van der Waals surface area (Å²) in [5, 5.41) is 41.8. The number of hydrogen-bond acceptors (Lipinski definition) is 4. The Morgan fingerprint density at radius 3 is 1.29 bits per heavy atom. The minimum absolute atomic E-state index is 0.255. The van der Waals surface area contributed by atoms with Crippen LogP contribution in [0.15, 0.2) is 60.7 Å². The summed E-state index contributed by atoms with van der Waals surface area (Å²) in [4.78, 5) is 0. The van der Waals surface area contributed by atoms with Crippen molar-refractivity contribution in [1.29, 1.82) is 0 Å². The fourth-order valence-electron chi connectivity index (χ4n) is 6.74. The van der Waals surface area contributed by atoms with E-state index in [2.05, 4.69) is 24.3 Å². The van der Waals surface area contributed by atoms with E-state index in [-0.39, 0.29) is 11.5 Å². The third kappa shape index (κ3) is 6.22. The topological polar surface area (TPSA) is 80.9 Å². The standard InChI is InChI=1S/C37H42O4/c1-22-16-32(38)12-10-26(22)18-30-20-28(14-24(3)36(30)40)34-8-6-5-7-9-35(34)29-15-25(4)37(41)31(21-29)19-27-11-13-33(39)17-23(27)2/h10-17,20-21,34-35,38-41H,5-9,18-19H2,1-4H3. The molecule has 4 heteroatoms. The molecule has 1 aliphatic carbocycles. The predicted octanol–water partition coefficient (Wildman–Crippen LogP) is 8.76. The number of aromatic hydroxyl groups is 4. The van der Waals surface area contributed by atoms with Crippen molar-refractivity contribution in [2.24, 2.45) is 0 Å². The maximum absolute atomic E-state index is 11.1. The van der Waals surface area contributed by atoms with E-state index < -0.39 is 0 Å². The second-order valence-electron chi connectivity index (χ2n) is 12.1. The number of phenolic OH excluding ortho intramolecular Hbond substituents is 4. The van der Waals surface area contributed by atoms with E-state index in [4.69, 9.17) is 0 Å². The molecule has 2 unspecified atom stereocenters. The summed E-state index contributed by atoms with van der Waals surface area (Å²) in [7, 11) is 0. The fraction of sp³-hybridized carbons (Fsp3) is 0.351. The molecule has 2 atom stereocenters. The van der Waals surface area contributed by atoms with Crippen LogP contribution < -0.4 is 0 Å². The number of aryl methyl sites for hydroxylation is 4. The molecule has 1 fully saturated rings. The Kier molecular flexibility index (Phi) is 8.30. The number of benzene rings is 4. The zero-order chi connectivity index (χ0) is 29.3. The van der Waals surface area contributed by atoms with Gasteiger partial charge in [-0.2, -0.15) is 0 Å². The summed E-state index contributed by atoms with van der Waals surface area (Å²) >= 11 is 0. The molecule has 4 aromatic rings. The van der Waals surface area contributed by atoms with Gasteiger partial charge in [-0.1, -0.05) is 55.7 Å². The van der Waals surface area contributed by atoms with Crippen LogP contribution >= 0.6 is 0 Å². The van der Waals surface area contributed by atoms with E-state index in [9.17, 15) is 20.4 Å². The average Bonchev–Trinajstić information content (AvgIpc) is 3.18. The van der Waals surface area contributed by atoms with Crippen LogP contribution in [0.1, 0.15) is 99.6 Å². The molecule has 1 aliphatic rings. The fourth-order valence-corrected chi connectivity index (χ4v) is 6.74. The minimum Gasteiger partial charge on any atom is -0.508 e. The summed E-state index contributed by atoms with van der Waals surface area (Å²) in [5.41, 5.74) is 10.4.